The second-order valence-electron chi connectivity index (χ2n) is 6.84. The molecule has 0 radical (unpaired) electrons. The first kappa shape index (κ1) is 21.1. The maximum atomic E-state index is 14.4. The maximum Gasteiger partial charge on any atom is 0.256 e. The molecule has 0 aromatic heterocycles. The van der Waals surface area contributed by atoms with Crippen molar-refractivity contribution >= 4 is 28.3 Å². The van der Waals surface area contributed by atoms with E-state index in [0.29, 0.717) is 25.9 Å². The van der Waals surface area contributed by atoms with Gasteiger partial charge in [0.2, 0.25) is 10.0 Å². The quantitative estimate of drug-likeness (QED) is 0.802. The highest BCUT2D eigenvalue weighted by Gasteiger charge is 2.27. The Morgan fingerprint density at radius 1 is 1.31 bits per heavy atom. The van der Waals surface area contributed by atoms with E-state index in [-0.39, 0.29) is 40.9 Å². The van der Waals surface area contributed by atoms with Crippen LogP contribution in [0.1, 0.15) is 43.0 Å². The van der Waals surface area contributed by atoms with E-state index in [4.69, 9.17) is 0 Å². The van der Waals surface area contributed by atoms with E-state index in [9.17, 15) is 17.6 Å². The smallest absolute Gasteiger partial charge is 0.256 e. The van der Waals surface area contributed by atoms with Gasteiger partial charge in [0.05, 0.1) is 10.5 Å². The topological polar surface area (TPSA) is 78.5 Å². The third-order valence-electron chi connectivity index (χ3n) is 4.82. The molecule has 2 aliphatic heterocycles. The van der Waals surface area contributed by atoms with Gasteiger partial charge in [-0.15, -0.1) is 12.4 Å². The van der Waals surface area contributed by atoms with Gasteiger partial charge in [-0.1, -0.05) is 0 Å². The molecule has 0 spiro atoms. The number of nitrogens with one attached hydrogen (secondary N) is 2. The van der Waals surface area contributed by atoms with Crippen molar-refractivity contribution in [3.63, 3.8) is 0 Å². The summed E-state index contributed by atoms with van der Waals surface area (Å²) in [5.41, 5.74) is -0.0728. The first-order chi connectivity index (χ1) is 11.9. The van der Waals surface area contributed by atoms with Crippen LogP contribution in [-0.2, 0) is 10.0 Å². The second-order valence-corrected chi connectivity index (χ2v) is 8.55. The molecule has 1 aromatic carbocycles. The minimum absolute atomic E-state index is 0. The fourth-order valence-electron chi connectivity index (χ4n) is 3.45. The highest BCUT2D eigenvalue weighted by atomic mass is 35.5. The first-order valence-corrected chi connectivity index (χ1v) is 10.2. The van der Waals surface area contributed by atoms with Crippen LogP contribution >= 0.6 is 12.4 Å². The van der Waals surface area contributed by atoms with Crippen LogP contribution in [-0.4, -0.2) is 50.9 Å². The average molecular weight is 406 g/mol. The van der Waals surface area contributed by atoms with Gasteiger partial charge in [0.25, 0.3) is 5.91 Å². The van der Waals surface area contributed by atoms with Crippen LogP contribution in [0, 0.1) is 5.82 Å². The summed E-state index contributed by atoms with van der Waals surface area (Å²) in [6, 6.07) is 3.58. The Bertz CT molecular complexity index is 754. The number of rotatable bonds is 4. The number of amides is 1. The number of sulfonamides is 1. The zero-order chi connectivity index (χ0) is 18.0. The van der Waals surface area contributed by atoms with Crippen LogP contribution in [0.15, 0.2) is 23.1 Å². The minimum Gasteiger partial charge on any atom is -0.339 e. The van der Waals surface area contributed by atoms with Crippen molar-refractivity contribution in [3.05, 3.63) is 29.6 Å². The lowest BCUT2D eigenvalue weighted by Crippen LogP contribution is -2.46. The molecule has 2 saturated heterocycles. The molecule has 0 aliphatic carbocycles. The number of carbonyl (C=O) groups is 1. The van der Waals surface area contributed by atoms with Gasteiger partial charge in [-0.3, -0.25) is 4.79 Å². The molecule has 146 valence electrons. The van der Waals surface area contributed by atoms with E-state index in [1.54, 1.807) is 4.90 Å². The number of benzene rings is 1. The van der Waals surface area contributed by atoms with Crippen molar-refractivity contribution in [2.45, 2.75) is 49.6 Å². The SMILES string of the molecule is CC1CC(NS(=O)(=O)c2ccc(C(=O)N3CCCC3)c(F)c2)CCN1.Cl. The molecule has 1 aromatic rings. The van der Waals surface area contributed by atoms with Crippen molar-refractivity contribution in [2.24, 2.45) is 0 Å². The summed E-state index contributed by atoms with van der Waals surface area (Å²) in [5.74, 6) is -1.17. The van der Waals surface area contributed by atoms with Gasteiger partial charge < -0.3 is 10.2 Å². The van der Waals surface area contributed by atoms with Crippen molar-refractivity contribution < 1.29 is 17.6 Å². The molecule has 2 heterocycles. The summed E-state index contributed by atoms with van der Waals surface area (Å²) in [7, 11) is -3.81. The van der Waals surface area contributed by atoms with Crippen LogP contribution in [0.25, 0.3) is 0 Å². The molecule has 2 N–H and O–H groups in total. The zero-order valence-electron chi connectivity index (χ0n) is 14.7. The third kappa shape index (κ3) is 4.73. The molecule has 0 saturated carbocycles. The van der Waals surface area contributed by atoms with E-state index in [0.717, 1.165) is 25.5 Å². The molecule has 3 rings (SSSR count). The van der Waals surface area contributed by atoms with E-state index in [1.807, 2.05) is 6.92 Å². The van der Waals surface area contributed by atoms with Gasteiger partial charge in [0, 0.05) is 25.2 Å². The Kier molecular flexibility index (Phi) is 7.01. The van der Waals surface area contributed by atoms with E-state index >= 15 is 0 Å². The normalized spacial score (nSPS) is 23.5. The van der Waals surface area contributed by atoms with Gasteiger partial charge in [0.1, 0.15) is 5.82 Å². The lowest BCUT2D eigenvalue weighted by molar-refractivity contribution is 0.0788. The Morgan fingerprint density at radius 3 is 2.62 bits per heavy atom. The van der Waals surface area contributed by atoms with Crippen LogP contribution in [0.5, 0.6) is 0 Å². The van der Waals surface area contributed by atoms with Crippen LogP contribution in [0.3, 0.4) is 0 Å². The van der Waals surface area contributed by atoms with Gasteiger partial charge in [-0.25, -0.2) is 17.5 Å². The largest absolute Gasteiger partial charge is 0.339 e. The molecule has 26 heavy (non-hydrogen) atoms. The third-order valence-corrected chi connectivity index (χ3v) is 6.34. The number of hydrogen-bond donors (Lipinski definition) is 2. The Hall–Kier alpha value is -1.22. The summed E-state index contributed by atoms with van der Waals surface area (Å²) in [6.07, 6.45) is 3.21. The standard InChI is InChI=1S/C17H24FN3O3S.ClH/c1-12-10-13(6-7-19-12)20-25(23,24)14-4-5-15(16(18)11-14)17(22)21-8-2-3-9-21;/h4-5,11-13,19-20H,2-3,6-10H2,1H3;1H. The van der Waals surface area contributed by atoms with Crippen LogP contribution < -0.4 is 10.0 Å². The number of nitrogens with zero attached hydrogens (tertiary/aromatic N) is 1. The molecule has 9 heteroatoms. The highest BCUT2D eigenvalue weighted by Crippen LogP contribution is 2.20. The Balaban J connectivity index is 0.00000243. The van der Waals surface area contributed by atoms with Crippen LogP contribution in [0.4, 0.5) is 4.39 Å². The summed E-state index contributed by atoms with van der Waals surface area (Å²) in [5, 5.41) is 3.26. The monoisotopic (exact) mass is 405 g/mol. The van der Waals surface area contributed by atoms with Crippen molar-refractivity contribution in [1.82, 2.24) is 14.9 Å². The molecular weight excluding hydrogens is 381 g/mol. The summed E-state index contributed by atoms with van der Waals surface area (Å²) < 4.78 is 42.0. The van der Waals surface area contributed by atoms with E-state index < -0.39 is 15.8 Å². The molecular formula is C17H25ClFN3O3S. The molecule has 2 unspecified atom stereocenters. The number of hydrogen-bond acceptors (Lipinski definition) is 4. The number of halogens is 2. The molecule has 2 atom stereocenters. The fourth-order valence-corrected chi connectivity index (χ4v) is 4.75. The summed E-state index contributed by atoms with van der Waals surface area (Å²) in [4.78, 5) is 13.7. The van der Waals surface area contributed by atoms with E-state index in [1.165, 1.54) is 12.1 Å². The fraction of sp³-hybridized carbons (Fsp3) is 0.588. The molecule has 6 nitrogen and oxygen atoms in total. The minimum atomic E-state index is -3.81. The number of piperidine rings is 1. The maximum absolute atomic E-state index is 14.4. The second kappa shape index (κ2) is 8.65. The summed E-state index contributed by atoms with van der Waals surface area (Å²) in [6.45, 7) is 3.98. The molecule has 2 aliphatic rings. The lowest BCUT2D eigenvalue weighted by atomic mass is 10.0. The Labute approximate surface area is 160 Å². The number of likely N-dealkylation sites (tertiary alicyclic amines) is 1. The predicted molar refractivity (Wildman–Crippen MR) is 99.6 cm³/mol. The van der Waals surface area contributed by atoms with Crippen molar-refractivity contribution in [3.8, 4) is 0 Å². The first-order valence-electron chi connectivity index (χ1n) is 8.71. The molecule has 0 bridgehead atoms. The molecule has 2 fully saturated rings. The van der Waals surface area contributed by atoms with Crippen LogP contribution in [0.2, 0.25) is 0 Å². The summed E-state index contributed by atoms with van der Waals surface area (Å²) >= 11 is 0. The highest BCUT2D eigenvalue weighted by molar-refractivity contribution is 7.89. The Morgan fingerprint density at radius 2 is 2.00 bits per heavy atom. The zero-order valence-corrected chi connectivity index (χ0v) is 16.3. The van der Waals surface area contributed by atoms with E-state index in [2.05, 4.69) is 10.0 Å². The van der Waals surface area contributed by atoms with Gasteiger partial charge in [-0.05, 0) is 57.4 Å². The average Bonchev–Trinajstić information content (AvgIpc) is 3.08. The van der Waals surface area contributed by atoms with Gasteiger partial charge in [-0.2, -0.15) is 0 Å². The van der Waals surface area contributed by atoms with Crippen molar-refractivity contribution in [2.75, 3.05) is 19.6 Å². The predicted octanol–water partition coefficient (Wildman–Crippen LogP) is 1.90. The number of carbonyl (C=O) groups excluding carboxylic acids is 1. The molecule has 1 amide bonds. The van der Waals surface area contributed by atoms with Gasteiger partial charge >= 0.3 is 0 Å². The van der Waals surface area contributed by atoms with Crippen molar-refractivity contribution in [1.29, 1.82) is 0 Å². The lowest BCUT2D eigenvalue weighted by Gasteiger charge is -2.28. The van der Waals surface area contributed by atoms with Gasteiger partial charge in [0.15, 0.2) is 0 Å².